The average molecular weight is 240 g/mol. The van der Waals surface area contributed by atoms with Gasteiger partial charge in [0.2, 0.25) is 0 Å². The summed E-state index contributed by atoms with van der Waals surface area (Å²) in [7, 11) is 0. The molecule has 1 aromatic carbocycles. The lowest BCUT2D eigenvalue weighted by Gasteiger charge is -1.98. The van der Waals surface area contributed by atoms with Crippen molar-refractivity contribution in [3.63, 3.8) is 0 Å². The molecule has 0 fully saturated rings. The molecule has 0 atom stereocenters. The van der Waals surface area contributed by atoms with E-state index in [9.17, 15) is 4.79 Å². The molecule has 0 amide bonds. The van der Waals surface area contributed by atoms with E-state index in [4.69, 9.17) is 11.6 Å². The molecule has 0 saturated heterocycles. The first-order chi connectivity index (χ1) is 7.74. The maximum absolute atomic E-state index is 11.1. The fraction of sp³-hybridized carbons (Fsp3) is 0.333. The van der Waals surface area contributed by atoms with E-state index < -0.39 is 0 Å². The maximum atomic E-state index is 11.1. The number of hydrogen-bond acceptors (Lipinski definition) is 3. The highest BCUT2D eigenvalue weighted by Crippen LogP contribution is 2.05. The molecule has 0 aliphatic heterocycles. The lowest BCUT2D eigenvalue weighted by atomic mass is 10.2. The van der Waals surface area contributed by atoms with Crippen molar-refractivity contribution in [1.29, 1.82) is 0 Å². The van der Waals surface area contributed by atoms with E-state index in [-0.39, 0.29) is 11.1 Å². The molecule has 0 bridgehead atoms. The summed E-state index contributed by atoms with van der Waals surface area (Å²) in [5, 5.41) is 3.77. The van der Waals surface area contributed by atoms with Crippen LogP contribution in [-0.2, 0) is 9.63 Å². The Labute approximate surface area is 100 Å². The van der Waals surface area contributed by atoms with E-state index in [2.05, 4.69) is 9.99 Å². The molecule has 0 aliphatic carbocycles. The highest BCUT2D eigenvalue weighted by Gasteiger charge is 2.03. The van der Waals surface area contributed by atoms with Gasteiger partial charge in [0.25, 0.3) is 0 Å². The summed E-state index contributed by atoms with van der Waals surface area (Å²) in [5.74, 6) is -0.351. The van der Waals surface area contributed by atoms with Gasteiger partial charge in [-0.3, -0.25) is 0 Å². The molecule has 16 heavy (non-hydrogen) atoms. The molecule has 3 nitrogen and oxygen atoms in total. The van der Waals surface area contributed by atoms with E-state index in [0.29, 0.717) is 6.42 Å². The van der Waals surface area contributed by atoms with Crippen LogP contribution >= 0.6 is 11.6 Å². The van der Waals surface area contributed by atoms with E-state index in [0.717, 1.165) is 18.4 Å². The highest BCUT2D eigenvalue weighted by atomic mass is 35.5. The molecule has 0 aliphatic rings. The second-order valence-electron chi connectivity index (χ2n) is 3.31. The minimum Gasteiger partial charge on any atom is -0.317 e. The lowest BCUT2D eigenvalue weighted by Crippen LogP contribution is -2.01. The summed E-state index contributed by atoms with van der Waals surface area (Å²) in [4.78, 5) is 15.8. The maximum Gasteiger partial charge on any atom is 0.335 e. The quantitative estimate of drug-likeness (QED) is 0.449. The Morgan fingerprint density at radius 2 is 2.06 bits per heavy atom. The summed E-state index contributed by atoms with van der Waals surface area (Å²) >= 11 is 5.86. The summed E-state index contributed by atoms with van der Waals surface area (Å²) in [6.45, 7) is 2.01. The fourth-order valence-electron chi connectivity index (χ4n) is 1.09. The summed E-state index contributed by atoms with van der Waals surface area (Å²) in [5.41, 5.74) is 0.729. The third-order valence-electron chi connectivity index (χ3n) is 1.97. The van der Waals surface area contributed by atoms with Crippen molar-refractivity contribution >= 4 is 22.7 Å². The van der Waals surface area contributed by atoms with Gasteiger partial charge in [-0.15, -0.1) is 0 Å². The number of hydrogen-bond donors (Lipinski definition) is 0. The van der Waals surface area contributed by atoms with Gasteiger partial charge in [0.15, 0.2) is 5.17 Å². The zero-order valence-electron chi connectivity index (χ0n) is 9.15. The van der Waals surface area contributed by atoms with Crippen LogP contribution in [0.3, 0.4) is 0 Å². The Morgan fingerprint density at radius 1 is 1.38 bits per heavy atom. The van der Waals surface area contributed by atoms with Crippen LogP contribution in [0, 0.1) is 0 Å². The molecule has 86 valence electrons. The average Bonchev–Trinajstić information content (AvgIpc) is 2.34. The van der Waals surface area contributed by atoms with Crippen LogP contribution in [0.2, 0.25) is 0 Å². The number of nitrogens with zero attached hydrogens (tertiary/aromatic N) is 1. The van der Waals surface area contributed by atoms with Gasteiger partial charge in [-0.05, 0) is 6.42 Å². The molecule has 0 radical (unpaired) electrons. The molecule has 1 rings (SSSR count). The number of oxime groups is 1. The first-order valence-electron chi connectivity index (χ1n) is 5.22. The van der Waals surface area contributed by atoms with Gasteiger partial charge in [-0.2, -0.15) is 0 Å². The van der Waals surface area contributed by atoms with Crippen LogP contribution < -0.4 is 0 Å². The van der Waals surface area contributed by atoms with Crippen molar-refractivity contribution < 1.29 is 9.63 Å². The van der Waals surface area contributed by atoms with Gasteiger partial charge in [0.1, 0.15) is 0 Å². The molecule has 4 heteroatoms. The van der Waals surface area contributed by atoms with Gasteiger partial charge in [0.05, 0.1) is 0 Å². The van der Waals surface area contributed by atoms with Gasteiger partial charge < -0.3 is 4.84 Å². The first kappa shape index (κ1) is 12.7. The highest BCUT2D eigenvalue weighted by molar-refractivity contribution is 6.69. The number of unbranched alkanes of at least 4 members (excludes halogenated alkanes) is 1. The topological polar surface area (TPSA) is 38.7 Å². The minimum atomic E-state index is -0.351. The van der Waals surface area contributed by atoms with Crippen LogP contribution in [0.5, 0.6) is 0 Å². The van der Waals surface area contributed by atoms with E-state index in [1.807, 2.05) is 25.1 Å². The Kier molecular flexibility index (Phi) is 5.57. The van der Waals surface area contributed by atoms with Gasteiger partial charge in [-0.25, -0.2) is 4.79 Å². The molecule has 0 saturated carbocycles. The molecular weight excluding hydrogens is 226 g/mol. The predicted octanol–water partition coefficient (Wildman–Crippen LogP) is 3.32. The van der Waals surface area contributed by atoms with Crippen molar-refractivity contribution in [3.05, 3.63) is 35.9 Å². The van der Waals surface area contributed by atoms with Crippen molar-refractivity contribution in [2.75, 3.05) is 0 Å². The van der Waals surface area contributed by atoms with Gasteiger partial charge in [0, 0.05) is 12.0 Å². The Hall–Kier alpha value is -1.35. The summed E-state index contributed by atoms with van der Waals surface area (Å²) < 4.78 is 0. The number of carbonyl (C=O) groups is 1. The van der Waals surface area contributed by atoms with Crippen LogP contribution in [0.25, 0.3) is 0 Å². The SMILES string of the molecule is CCCCC(=O)O/N=C(\Cl)c1ccccc1. The Balaban J connectivity index is 2.48. The molecule has 1 aromatic rings. The van der Waals surface area contributed by atoms with Crippen molar-refractivity contribution in [3.8, 4) is 0 Å². The van der Waals surface area contributed by atoms with E-state index in [1.165, 1.54) is 0 Å². The van der Waals surface area contributed by atoms with Crippen molar-refractivity contribution in [2.45, 2.75) is 26.2 Å². The molecule has 0 aromatic heterocycles. The van der Waals surface area contributed by atoms with Crippen molar-refractivity contribution in [1.82, 2.24) is 0 Å². The molecule has 0 unspecified atom stereocenters. The Morgan fingerprint density at radius 3 is 2.69 bits per heavy atom. The molecular formula is C12H14ClNO2. The predicted molar refractivity (Wildman–Crippen MR) is 64.4 cm³/mol. The third kappa shape index (κ3) is 4.45. The second-order valence-corrected chi connectivity index (χ2v) is 3.67. The van der Waals surface area contributed by atoms with Crippen LogP contribution in [0.15, 0.2) is 35.5 Å². The van der Waals surface area contributed by atoms with Crippen LogP contribution in [-0.4, -0.2) is 11.1 Å². The van der Waals surface area contributed by atoms with Crippen molar-refractivity contribution in [2.24, 2.45) is 5.16 Å². The molecule has 0 heterocycles. The number of carbonyl (C=O) groups excluding carboxylic acids is 1. The third-order valence-corrected chi connectivity index (χ3v) is 2.26. The monoisotopic (exact) mass is 239 g/mol. The second kappa shape index (κ2) is 7.01. The van der Waals surface area contributed by atoms with E-state index >= 15 is 0 Å². The smallest absolute Gasteiger partial charge is 0.317 e. The standard InChI is InChI=1S/C12H14ClNO2/c1-2-3-9-11(15)16-14-12(13)10-7-5-4-6-8-10/h4-8H,2-3,9H2,1H3/b14-12-. The number of rotatable bonds is 5. The summed E-state index contributed by atoms with van der Waals surface area (Å²) in [6, 6.07) is 9.15. The Bertz CT molecular complexity index is 363. The number of benzene rings is 1. The largest absolute Gasteiger partial charge is 0.335 e. The van der Waals surface area contributed by atoms with Crippen LogP contribution in [0.4, 0.5) is 0 Å². The van der Waals surface area contributed by atoms with Gasteiger partial charge >= 0.3 is 5.97 Å². The fourth-order valence-corrected chi connectivity index (χ4v) is 1.25. The molecule has 0 N–H and O–H groups in total. The molecule has 0 spiro atoms. The van der Waals surface area contributed by atoms with Crippen LogP contribution in [0.1, 0.15) is 31.7 Å². The van der Waals surface area contributed by atoms with Gasteiger partial charge in [-0.1, -0.05) is 60.4 Å². The number of halogens is 1. The normalized spacial score (nSPS) is 11.2. The summed E-state index contributed by atoms with van der Waals surface area (Å²) in [6.07, 6.45) is 2.13. The zero-order valence-corrected chi connectivity index (χ0v) is 9.91. The first-order valence-corrected chi connectivity index (χ1v) is 5.60. The zero-order chi connectivity index (χ0) is 11.8. The lowest BCUT2D eigenvalue weighted by molar-refractivity contribution is -0.143. The van der Waals surface area contributed by atoms with E-state index in [1.54, 1.807) is 12.1 Å². The minimum absolute atomic E-state index is 0.186.